The van der Waals surface area contributed by atoms with E-state index in [0.717, 1.165) is 11.1 Å². The number of ether oxygens (including phenoxy) is 3. The average molecular weight is 499 g/mol. The molecule has 6 nitrogen and oxygen atoms in total. The Morgan fingerprint density at radius 2 is 1.19 bits per heavy atom. The molecule has 0 heterocycles. The van der Waals surface area contributed by atoms with Gasteiger partial charge in [-0.2, -0.15) is 0 Å². The zero-order valence-corrected chi connectivity index (χ0v) is 20.6. The van der Waals surface area contributed by atoms with E-state index in [0.29, 0.717) is 41.4 Å². The van der Waals surface area contributed by atoms with Gasteiger partial charge in [-0.1, -0.05) is 78.9 Å². The Morgan fingerprint density at radius 1 is 0.676 bits per heavy atom. The molecule has 0 unspecified atom stereocenters. The maximum atomic E-state index is 11.9. The zero-order chi connectivity index (χ0) is 26.0. The summed E-state index contributed by atoms with van der Waals surface area (Å²) in [4.78, 5) is 11.9. The molecule has 4 rings (SSSR count). The number of aliphatic hydroxyl groups is 2. The fourth-order valence-corrected chi connectivity index (χ4v) is 3.81. The highest BCUT2D eigenvalue weighted by Crippen LogP contribution is 2.36. The van der Waals surface area contributed by atoms with Gasteiger partial charge in [-0.3, -0.25) is 0 Å². The van der Waals surface area contributed by atoms with E-state index in [1.54, 1.807) is 49.4 Å². The molecular formula is C31H30O6. The van der Waals surface area contributed by atoms with Crippen molar-refractivity contribution in [3.05, 3.63) is 131 Å². The Hall–Kier alpha value is -4.13. The Balaban J connectivity index is 1.53. The molecule has 0 aliphatic carbocycles. The van der Waals surface area contributed by atoms with Crippen molar-refractivity contribution in [1.29, 1.82) is 0 Å². The minimum absolute atomic E-state index is 0.279. The lowest BCUT2D eigenvalue weighted by Gasteiger charge is -2.21. The van der Waals surface area contributed by atoms with Crippen molar-refractivity contribution in [3.8, 4) is 11.5 Å². The predicted molar refractivity (Wildman–Crippen MR) is 140 cm³/mol. The third-order valence-corrected chi connectivity index (χ3v) is 5.85. The Morgan fingerprint density at radius 3 is 1.76 bits per heavy atom. The van der Waals surface area contributed by atoms with Crippen molar-refractivity contribution in [2.75, 3.05) is 6.61 Å². The number of benzene rings is 4. The molecule has 0 aliphatic rings. The van der Waals surface area contributed by atoms with Crippen molar-refractivity contribution in [1.82, 2.24) is 0 Å². The molecule has 0 saturated heterocycles. The van der Waals surface area contributed by atoms with E-state index < -0.39 is 18.2 Å². The second kappa shape index (κ2) is 12.7. The second-order valence-corrected chi connectivity index (χ2v) is 8.49. The number of rotatable bonds is 11. The van der Waals surface area contributed by atoms with Gasteiger partial charge in [-0.25, -0.2) is 4.79 Å². The summed E-state index contributed by atoms with van der Waals surface area (Å²) in [5.41, 5.74) is 3.32. The van der Waals surface area contributed by atoms with Crippen LogP contribution in [-0.4, -0.2) is 22.8 Å². The zero-order valence-electron chi connectivity index (χ0n) is 20.6. The summed E-state index contributed by atoms with van der Waals surface area (Å²) < 4.78 is 17.1. The molecule has 2 N–H and O–H groups in total. The molecule has 0 fully saturated rings. The molecule has 2 atom stereocenters. The minimum atomic E-state index is -1.23. The first-order chi connectivity index (χ1) is 18.0. The Bertz CT molecular complexity index is 1270. The van der Waals surface area contributed by atoms with Crippen LogP contribution < -0.4 is 9.47 Å². The summed E-state index contributed by atoms with van der Waals surface area (Å²) >= 11 is 0. The van der Waals surface area contributed by atoms with E-state index >= 15 is 0 Å². The maximum Gasteiger partial charge on any atom is 0.338 e. The van der Waals surface area contributed by atoms with Crippen LogP contribution in [0, 0.1) is 0 Å². The van der Waals surface area contributed by atoms with Crippen LogP contribution >= 0.6 is 0 Å². The van der Waals surface area contributed by atoms with E-state index in [1.165, 1.54) is 0 Å². The predicted octanol–water partition coefficient (Wildman–Crippen LogP) is 5.79. The van der Waals surface area contributed by atoms with Crippen molar-refractivity contribution in [3.63, 3.8) is 0 Å². The number of hydrogen-bond acceptors (Lipinski definition) is 6. The van der Waals surface area contributed by atoms with E-state index in [4.69, 9.17) is 14.2 Å². The van der Waals surface area contributed by atoms with Gasteiger partial charge in [0.1, 0.15) is 25.4 Å². The van der Waals surface area contributed by atoms with Gasteiger partial charge in [-0.15, -0.1) is 0 Å². The quantitative estimate of drug-likeness (QED) is 0.255. The number of aliphatic hydroxyl groups excluding tert-OH is 2. The van der Waals surface area contributed by atoms with Crippen LogP contribution in [0.2, 0.25) is 0 Å². The highest BCUT2D eigenvalue weighted by Gasteiger charge is 2.22. The van der Waals surface area contributed by atoms with Crippen LogP contribution in [0.15, 0.2) is 103 Å². The maximum absolute atomic E-state index is 11.9. The molecule has 0 spiro atoms. The molecule has 0 saturated carbocycles. The van der Waals surface area contributed by atoms with E-state index in [9.17, 15) is 15.0 Å². The van der Waals surface area contributed by atoms with Crippen LogP contribution in [0.1, 0.15) is 51.7 Å². The lowest BCUT2D eigenvalue weighted by molar-refractivity contribution is 0.0170. The number of carbonyl (C=O) groups is 1. The molecule has 4 aromatic rings. The summed E-state index contributed by atoms with van der Waals surface area (Å²) in [5, 5.41) is 21.8. The van der Waals surface area contributed by atoms with Gasteiger partial charge in [0.15, 0.2) is 11.5 Å². The van der Waals surface area contributed by atoms with E-state index in [2.05, 4.69) is 0 Å². The molecular weight excluding hydrogens is 468 g/mol. The van der Waals surface area contributed by atoms with Gasteiger partial charge in [0.05, 0.1) is 12.2 Å². The Kier molecular flexibility index (Phi) is 8.92. The van der Waals surface area contributed by atoms with Crippen molar-refractivity contribution < 1.29 is 29.2 Å². The molecule has 190 valence electrons. The normalized spacial score (nSPS) is 12.4. The van der Waals surface area contributed by atoms with E-state index in [-0.39, 0.29) is 6.61 Å². The van der Waals surface area contributed by atoms with Crippen molar-refractivity contribution in [2.45, 2.75) is 32.3 Å². The topological polar surface area (TPSA) is 85.2 Å². The highest BCUT2D eigenvalue weighted by atomic mass is 16.5. The fourth-order valence-electron chi connectivity index (χ4n) is 3.81. The third-order valence-electron chi connectivity index (χ3n) is 5.85. The van der Waals surface area contributed by atoms with Crippen LogP contribution in [0.4, 0.5) is 0 Å². The molecule has 0 bridgehead atoms. The SMILES string of the molecule is CCOC(=O)c1ccc([C@@H](O)[C@H](O)c2ccc(OCc3ccccc3)c(OCc3ccccc3)c2)cc1. The van der Waals surface area contributed by atoms with Crippen LogP contribution in [0.3, 0.4) is 0 Å². The van der Waals surface area contributed by atoms with Crippen molar-refractivity contribution >= 4 is 5.97 Å². The first-order valence-corrected chi connectivity index (χ1v) is 12.2. The third kappa shape index (κ3) is 6.97. The molecule has 37 heavy (non-hydrogen) atoms. The number of esters is 1. The van der Waals surface area contributed by atoms with Crippen LogP contribution in [-0.2, 0) is 18.0 Å². The van der Waals surface area contributed by atoms with Gasteiger partial charge in [-0.05, 0) is 53.4 Å². The smallest absolute Gasteiger partial charge is 0.338 e. The monoisotopic (exact) mass is 498 g/mol. The number of carbonyl (C=O) groups excluding carboxylic acids is 1. The van der Waals surface area contributed by atoms with Crippen LogP contribution in [0.5, 0.6) is 11.5 Å². The summed E-state index contributed by atoms with van der Waals surface area (Å²) in [5.74, 6) is 0.556. The summed E-state index contributed by atoms with van der Waals surface area (Å²) in [7, 11) is 0. The highest BCUT2D eigenvalue weighted by molar-refractivity contribution is 5.89. The number of hydrogen-bond donors (Lipinski definition) is 2. The first kappa shape index (κ1) is 25.9. The average Bonchev–Trinajstić information content (AvgIpc) is 2.95. The molecule has 6 heteroatoms. The van der Waals surface area contributed by atoms with Gasteiger partial charge in [0.25, 0.3) is 0 Å². The second-order valence-electron chi connectivity index (χ2n) is 8.49. The lowest BCUT2D eigenvalue weighted by Crippen LogP contribution is -2.12. The summed E-state index contributed by atoms with van der Waals surface area (Å²) in [6, 6.07) is 31.0. The van der Waals surface area contributed by atoms with Gasteiger partial charge in [0, 0.05) is 0 Å². The molecule has 0 aromatic heterocycles. The minimum Gasteiger partial charge on any atom is -0.485 e. The summed E-state index contributed by atoms with van der Waals surface area (Å²) in [6.45, 7) is 2.70. The summed E-state index contributed by atoms with van der Waals surface area (Å²) in [6.07, 6.45) is -2.44. The molecule has 0 amide bonds. The van der Waals surface area contributed by atoms with Gasteiger partial charge in [0.2, 0.25) is 0 Å². The Labute approximate surface area is 216 Å². The van der Waals surface area contributed by atoms with E-state index in [1.807, 2.05) is 60.7 Å². The largest absolute Gasteiger partial charge is 0.485 e. The fraction of sp³-hybridized carbons (Fsp3) is 0.194. The van der Waals surface area contributed by atoms with Gasteiger partial charge >= 0.3 is 5.97 Å². The molecule has 0 aliphatic heterocycles. The molecule has 0 radical (unpaired) electrons. The standard InChI is InChI=1S/C31H30O6/c1-2-35-31(34)25-15-13-24(14-16-25)29(32)30(33)26-17-18-27(36-20-22-9-5-3-6-10-22)28(19-26)37-21-23-11-7-4-8-12-23/h3-19,29-30,32-33H,2,20-21H2,1H3/t29-,30-/m1/s1. The van der Waals surface area contributed by atoms with Crippen molar-refractivity contribution in [2.24, 2.45) is 0 Å². The lowest BCUT2D eigenvalue weighted by atomic mass is 9.97. The first-order valence-electron chi connectivity index (χ1n) is 12.2. The van der Waals surface area contributed by atoms with Crippen LogP contribution in [0.25, 0.3) is 0 Å². The van der Waals surface area contributed by atoms with Gasteiger partial charge < -0.3 is 24.4 Å². The molecule has 4 aromatic carbocycles.